The molecule has 1 aromatic heterocycles. The molecule has 92 valence electrons. The highest BCUT2D eigenvalue weighted by Gasteiger charge is 1.98. The number of nitrogens with one attached hydrogen (secondary N) is 1. The predicted molar refractivity (Wildman–Crippen MR) is 61.5 cm³/mol. The van der Waals surface area contributed by atoms with Gasteiger partial charge < -0.3 is 26.6 Å². The van der Waals surface area contributed by atoms with Crippen LogP contribution in [0.15, 0.2) is 0 Å². The lowest BCUT2D eigenvalue weighted by molar-refractivity contribution is 0.162. The predicted octanol–water partition coefficient (Wildman–Crippen LogP) is -0.559. The van der Waals surface area contributed by atoms with Gasteiger partial charge in [0.05, 0.1) is 0 Å². The molecule has 1 heterocycles. The van der Waals surface area contributed by atoms with Gasteiger partial charge in [0.25, 0.3) is 0 Å². The summed E-state index contributed by atoms with van der Waals surface area (Å²) in [5.41, 5.74) is 10.5. The van der Waals surface area contributed by atoms with Crippen LogP contribution >= 0.6 is 0 Å². The fourth-order valence-electron chi connectivity index (χ4n) is 0.763. The van der Waals surface area contributed by atoms with Crippen molar-refractivity contribution in [2.45, 2.75) is 13.8 Å². The van der Waals surface area contributed by atoms with Crippen molar-refractivity contribution in [1.82, 2.24) is 15.0 Å². The number of nitrogens with zero attached hydrogens (tertiary/aromatic N) is 3. The largest absolute Gasteiger partial charge is 0.382 e. The topological polar surface area (TPSA) is 132 Å². The molecule has 0 fully saturated rings. The fraction of sp³-hybridized carbons (Fsp3) is 0.625. The summed E-state index contributed by atoms with van der Waals surface area (Å²) in [5, 5.41) is 10.8. The van der Waals surface area contributed by atoms with Gasteiger partial charge in [0.15, 0.2) is 0 Å². The normalized spacial score (nSPS) is 9.19. The van der Waals surface area contributed by atoms with Crippen molar-refractivity contribution in [2.75, 3.05) is 36.7 Å². The molecule has 0 aliphatic heterocycles. The van der Waals surface area contributed by atoms with Gasteiger partial charge in [-0.15, -0.1) is 0 Å². The highest BCUT2D eigenvalue weighted by atomic mass is 16.5. The number of aliphatic hydroxyl groups excluding tert-OH is 1. The monoisotopic (exact) mass is 230 g/mol. The average molecular weight is 230 g/mol. The van der Waals surface area contributed by atoms with Crippen molar-refractivity contribution < 1.29 is 9.84 Å². The first-order valence-electron chi connectivity index (χ1n) is 4.83. The molecule has 0 aliphatic carbocycles. The minimum atomic E-state index is -0.275. The van der Waals surface area contributed by atoms with Crippen LogP contribution in [0.3, 0.4) is 0 Å². The summed E-state index contributed by atoms with van der Waals surface area (Å²) in [6.45, 7) is 5.39. The zero-order valence-electron chi connectivity index (χ0n) is 9.47. The number of ether oxygens (including phenoxy) is 1. The molecule has 0 saturated carbocycles. The van der Waals surface area contributed by atoms with Crippen LogP contribution < -0.4 is 16.8 Å². The number of aliphatic hydroxyl groups is 1. The molecule has 0 bridgehead atoms. The molecule has 0 atom stereocenters. The molecule has 8 heteroatoms. The number of rotatable bonds is 4. The standard InChI is InChI=1S/C4H8N6O.C4H10O/c5-2-8-3(6)10-4(9-2)7-1-11;1-3-5-4-2/h11H,1H2,(H5,5,6,7,8,9,10);3-4H2,1-2H3. The second-order valence-electron chi connectivity index (χ2n) is 2.49. The number of hydrogen-bond acceptors (Lipinski definition) is 8. The Balaban J connectivity index is 0.000000385. The van der Waals surface area contributed by atoms with Gasteiger partial charge in [0.2, 0.25) is 17.8 Å². The van der Waals surface area contributed by atoms with Gasteiger partial charge in [-0.3, -0.25) is 0 Å². The SMILES string of the molecule is CCOCC.Nc1nc(N)nc(NCO)n1. The number of nitrogens with two attached hydrogens (primary N) is 2. The van der Waals surface area contributed by atoms with Crippen molar-refractivity contribution in [1.29, 1.82) is 0 Å². The van der Waals surface area contributed by atoms with Crippen LogP contribution in [0.2, 0.25) is 0 Å². The molecule has 0 aromatic carbocycles. The van der Waals surface area contributed by atoms with E-state index in [9.17, 15) is 0 Å². The van der Waals surface area contributed by atoms with Crippen molar-refractivity contribution in [2.24, 2.45) is 0 Å². The summed E-state index contributed by atoms with van der Waals surface area (Å²) >= 11 is 0. The van der Waals surface area contributed by atoms with E-state index >= 15 is 0 Å². The van der Waals surface area contributed by atoms with E-state index in [0.29, 0.717) is 0 Å². The lowest BCUT2D eigenvalue weighted by Crippen LogP contribution is -2.09. The van der Waals surface area contributed by atoms with Gasteiger partial charge in [-0.05, 0) is 13.8 Å². The van der Waals surface area contributed by atoms with E-state index in [0.717, 1.165) is 13.2 Å². The van der Waals surface area contributed by atoms with Crippen LogP contribution in [0, 0.1) is 0 Å². The van der Waals surface area contributed by atoms with Gasteiger partial charge >= 0.3 is 0 Å². The quantitative estimate of drug-likeness (QED) is 0.506. The minimum Gasteiger partial charge on any atom is -0.382 e. The zero-order valence-corrected chi connectivity index (χ0v) is 9.47. The van der Waals surface area contributed by atoms with Gasteiger partial charge in [0, 0.05) is 13.2 Å². The Bertz CT molecular complexity index is 274. The Morgan fingerprint density at radius 3 is 1.94 bits per heavy atom. The van der Waals surface area contributed by atoms with Gasteiger partial charge in [-0.25, -0.2) is 0 Å². The Morgan fingerprint density at radius 1 is 1.12 bits per heavy atom. The van der Waals surface area contributed by atoms with Crippen LogP contribution in [0.4, 0.5) is 17.8 Å². The van der Waals surface area contributed by atoms with Gasteiger partial charge in [-0.1, -0.05) is 0 Å². The van der Waals surface area contributed by atoms with Crippen molar-refractivity contribution in [3.63, 3.8) is 0 Å². The lowest BCUT2D eigenvalue weighted by atomic mass is 10.8. The molecule has 6 N–H and O–H groups in total. The van der Waals surface area contributed by atoms with Crippen LogP contribution in [-0.2, 0) is 4.74 Å². The Kier molecular flexibility index (Phi) is 7.72. The maximum absolute atomic E-state index is 8.41. The fourth-order valence-corrected chi connectivity index (χ4v) is 0.763. The van der Waals surface area contributed by atoms with E-state index < -0.39 is 0 Å². The molecular formula is C8H18N6O2. The first-order valence-corrected chi connectivity index (χ1v) is 4.83. The first-order chi connectivity index (χ1) is 7.63. The van der Waals surface area contributed by atoms with Crippen LogP contribution in [0.25, 0.3) is 0 Å². The summed E-state index contributed by atoms with van der Waals surface area (Å²) in [7, 11) is 0. The number of anilines is 3. The van der Waals surface area contributed by atoms with E-state index in [4.69, 9.17) is 21.3 Å². The molecular weight excluding hydrogens is 212 g/mol. The van der Waals surface area contributed by atoms with Crippen LogP contribution in [-0.4, -0.2) is 40.0 Å². The smallest absolute Gasteiger partial charge is 0.231 e. The molecule has 0 radical (unpaired) electrons. The second-order valence-corrected chi connectivity index (χ2v) is 2.49. The van der Waals surface area contributed by atoms with E-state index in [-0.39, 0.29) is 24.6 Å². The van der Waals surface area contributed by atoms with Crippen LogP contribution in [0.5, 0.6) is 0 Å². The van der Waals surface area contributed by atoms with E-state index in [1.54, 1.807) is 0 Å². The third-order valence-corrected chi connectivity index (χ3v) is 1.32. The van der Waals surface area contributed by atoms with E-state index in [1.807, 2.05) is 13.8 Å². The summed E-state index contributed by atoms with van der Waals surface area (Å²) in [6.07, 6.45) is 0. The molecule has 0 amide bonds. The number of aromatic nitrogens is 3. The van der Waals surface area contributed by atoms with Crippen LogP contribution in [0.1, 0.15) is 13.8 Å². The lowest BCUT2D eigenvalue weighted by Gasteiger charge is -2.00. The Labute approximate surface area is 94.1 Å². The zero-order chi connectivity index (χ0) is 12.4. The molecule has 0 saturated heterocycles. The van der Waals surface area contributed by atoms with Gasteiger partial charge in [-0.2, -0.15) is 15.0 Å². The molecule has 0 unspecified atom stereocenters. The first kappa shape index (κ1) is 14.3. The number of nitrogen functional groups attached to an aromatic ring is 2. The highest BCUT2D eigenvalue weighted by molar-refractivity contribution is 5.36. The Morgan fingerprint density at radius 2 is 1.62 bits per heavy atom. The average Bonchev–Trinajstić information content (AvgIpc) is 2.18. The summed E-state index contributed by atoms with van der Waals surface area (Å²) < 4.78 is 4.83. The van der Waals surface area contributed by atoms with Crippen molar-refractivity contribution >= 4 is 17.8 Å². The molecule has 8 nitrogen and oxygen atoms in total. The molecule has 1 aromatic rings. The molecule has 0 aliphatic rings. The maximum atomic E-state index is 8.41. The van der Waals surface area contributed by atoms with Gasteiger partial charge in [0.1, 0.15) is 6.73 Å². The minimum absolute atomic E-state index is 0.0217. The second kappa shape index (κ2) is 8.62. The third-order valence-electron chi connectivity index (χ3n) is 1.32. The maximum Gasteiger partial charge on any atom is 0.231 e. The highest BCUT2D eigenvalue weighted by Crippen LogP contribution is 2.01. The molecule has 0 spiro atoms. The van der Waals surface area contributed by atoms with Crippen molar-refractivity contribution in [3.8, 4) is 0 Å². The third kappa shape index (κ3) is 6.74. The molecule has 16 heavy (non-hydrogen) atoms. The summed E-state index contributed by atoms with van der Waals surface area (Å²) in [6, 6.07) is 0. The summed E-state index contributed by atoms with van der Waals surface area (Å²) in [5.74, 6) is 0.208. The van der Waals surface area contributed by atoms with E-state index in [1.165, 1.54) is 0 Å². The number of hydrogen-bond donors (Lipinski definition) is 4. The summed E-state index contributed by atoms with van der Waals surface area (Å²) in [4.78, 5) is 10.8. The van der Waals surface area contributed by atoms with Crippen molar-refractivity contribution in [3.05, 3.63) is 0 Å². The Hall–Kier alpha value is -1.67. The molecule has 1 rings (SSSR count). The van der Waals surface area contributed by atoms with E-state index in [2.05, 4.69) is 20.3 Å².